The van der Waals surface area contributed by atoms with E-state index < -0.39 is 0 Å². The maximum absolute atomic E-state index is 10.7. The van der Waals surface area contributed by atoms with Crippen LogP contribution in [0.3, 0.4) is 0 Å². The third-order valence-corrected chi connectivity index (χ3v) is 4.82. The van der Waals surface area contributed by atoms with Crippen molar-refractivity contribution in [3.63, 3.8) is 0 Å². The molecule has 1 fully saturated rings. The van der Waals surface area contributed by atoms with Crippen LogP contribution in [0, 0.1) is 13.7 Å². The Labute approximate surface area is 126 Å². The third-order valence-electron chi connectivity index (χ3n) is 3.95. The van der Waals surface area contributed by atoms with E-state index in [4.69, 9.17) is 0 Å². The van der Waals surface area contributed by atoms with Gasteiger partial charge in [-0.3, -0.25) is 10.1 Å². The molecule has 1 aliphatic heterocycles. The molecule has 1 aromatic carbocycles. The van der Waals surface area contributed by atoms with Crippen LogP contribution in [0.5, 0.6) is 0 Å². The molecule has 0 amide bonds. The van der Waals surface area contributed by atoms with Gasteiger partial charge in [0, 0.05) is 34.3 Å². The zero-order chi connectivity index (χ0) is 14.0. The van der Waals surface area contributed by atoms with Gasteiger partial charge < -0.3 is 10.2 Å². The van der Waals surface area contributed by atoms with E-state index in [1.54, 1.807) is 12.1 Å². The molecule has 1 aliphatic rings. The minimum atomic E-state index is -0.347. The minimum Gasteiger partial charge on any atom is -0.371 e. The van der Waals surface area contributed by atoms with Crippen molar-refractivity contribution in [2.24, 2.45) is 0 Å². The van der Waals surface area contributed by atoms with E-state index in [9.17, 15) is 10.1 Å². The Morgan fingerprint density at radius 1 is 1.42 bits per heavy atom. The molecule has 0 bridgehead atoms. The minimum absolute atomic E-state index is 0.158. The van der Waals surface area contributed by atoms with Crippen molar-refractivity contribution < 1.29 is 4.92 Å². The average molecular weight is 375 g/mol. The molecule has 104 valence electrons. The highest BCUT2D eigenvalue weighted by atomic mass is 127. The Hall–Kier alpha value is -0.890. The summed E-state index contributed by atoms with van der Waals surface area (Å²) in [6, 6.07) is 5.09. The fraction of sp³-hybridized carbons (Fsp3) is 0.538. The molecule has 1 heterocycles. The molecule has 0 saturated carbocycles. The summed E-state index contributed by atoms with van der Waals surface area (Å²) in [4.78, 5) is 12.7. The molecule has 0 radical (unpaired) electrons. The van der Waals surface area contributed by atoms with Crippen LogP contribution in [0.25, 0.3) is 0 Å². The molecule has 6 heteroatoms. The molecule has 0 aliphatic carbocycles. The van der Waals surface area contributed by atoms with Crippen LogP contribution in [-0.2, 0) is 0 Å². The molecule has 1 saturated heterocycles. The molecule has 5 nitrogen and oxygen atoms in total. The van der Waals surface area contributed by atoms with Gasteiger partial charge in [0.2, 0.25) is 0 Å². The van der Waals surface area contributed by atoms with E-state index in [0.29, 0.717) is 0 Å². The van der Waals surface area contributed by atoms with Crippen LogP contribution in [0.4, 0.5) is 11.4 Å². The topological polar surface area (TPSA) is 58.4 Å². The first-order valence-corrected chi connectivity index (χ1v) is 7.41. The third kappa shape index (κ3) is 3.17. The van der Waals surface area contributed by atoms with Crippen LogP contribution < -0.4 is 10.2 Å². The number of nitro benzene ring substituents is 1. The Kier molecular flexibility index (Phi) is 4.29. The second-order valence-electron chi connectivity index (χ2n) is 5.19. The number of anilines is 1. The molecular weight excluding hydrogens is 357 g/mol. The van der Waals surface area contributed by atoms with Crippen molar-refractivity contribution in [3.05, 3.63) is 31.9 Å². The first-order valence-electron chi connectivity index (χ1n) is 6.33. The van der Waals surface area contributed by atoms with Crippen LogP contribution in [0.2, 0.25) is 0 Å². The van der Waals surface area contributed by atoms with Crippen LogP contribution in [0.1, 0.15) is 19.8 Å². The molecule has 1 aromatic rings. The zero-order valence-corrected chi connectivity index (χ0v) is 13.3. The summed E-state index contributed by atoms with van der Waals surface area (Å²) >= 11 is 2.18. The molecule has 19 heavy (non-hydrogen) atoms. The smallest absolute Gasteiger partial charge is 0.270 e. The van der Waals surface area contributed by atoms with E-state index in [0.717, 1.165) is 35.2 Å². The quantitative estimate of drug-likeness (QED) is 0.502. The number of non-ortho nitro benzene ring substituents is 1. The van der Waals surface area contributed by atoms with Crippen LogP contribution >= 0.6 is 22.6 Å². The number of hydrogen-bond acceptors (Lipinski definition) is 4. The lowest BCUT2D eigenvalue weighted by atomic mass is 9.89. The predicted octanol–water partition coefficient (Wildman–Crippen LogP) is 2.78. The van der Waals surface area contributed by atoms with Gasteiger partial charge in [-0.2, -0.15) is 0 Å². The molecule has 0 aromatic heterocycles. The molecule has 0 spiro atoms. The highest BCUT2D eigenvalue weighted by Gasteiger charge is 2.29. The summed E-state index contributed by atoms with van der Waals surface area (Å²) in [5, 5.41) is 14.1. The maximum atomic E-state index is 10.7. The highest BCUT2D eigenvalue weighted by molar-refractivity contribution is 14.1. The fourth-order valence-electron chi connectivity index (χ4n) is 2.36. The summed E-state index contributed by atoms with van der Waals surface area (Å²) in [6.45, 7) is 4.20. The standard InChI is InChI=1S/C13H18IN3O2/c1-13(15-2)5-7-16(8-6-13)12-4-3-10(17(18)19)9-11(12)14/h3-4,9,15H,5-8H2,1-2H3. The van der Waals surface area contributed by atoms with Crippen LogP contribution in [-0.4, -0.2) is 30.6 Å². The largest absolute Gasteiger partial charge is 0.371 e. The van der Waals surface area contributed by atoms with Gasteiger partial charge in [-0.25, -0.2) is 0 Å². The van der Waals surface area contributed by atoms with E-state index in [1.807, 2.05) is 13.1 Å². The second-order valence-corrected chi connectivity index (χ2v) is 6.35. The molecule has 0 unspecified atom stereocenters. The number of nitro groups is 1. The number of piperidine rings is 1. The summed E-state index contributed by atoms with van der Waals surface area (Å²) in [5.41, 5.74) is 1.47. The molecule has 0 atom stereocenters. The Morgan fingerprint density at radius 3 is 2.53 bits per heavy atom. The first-order chi connectivity index (χ1) is 8.95. The van der Waals surface area contributed by atoms with Gasteiger partial charge in [-0.1, -0.05) is 0 Å². The number of nitrogens with one attached hydrogen (secondary N) is 1. The van der Waals surface area contributed by atoms with Gasteiger partial charge in [0.25, 0.3) is 5.69 Å². The second kappa shape index (κ2) is 5.62. The highest BCUT2D eigenvalue weighted by Crippen LogP contribution is 2.31. The van der Waals surface area contributed by atoms with Gasteiger partial charge >= 0.3 is 0 Å². The normalized spacial score (nSPS) is 18.4. The van der Waals surface area contributed by atoms with Gasteiger partial charge in [-0.15, -0.1) is 0 Å². The van der Waals surface area contributed by atoms with Crippen molar-refractivity contribution in [1.29, 1.82) is 0 Å². The molecule has 2 rings (SSSR count). The number of halogens is 1. The van der Waals surface area contributed by atoms with Crippen molar-refractivity contribution in [1.82, 2.24) is 5.32 Å². The van der Waals surface area contributed by atoms with Gasteiger partial charge in [0.15, 0.2) is 0 Å². The maximum Gasteiger partial charge on any atom is 0.270 e. The van der Waals surface area contributed by atoms with Gasteiger partial charge in [0.05, 0.1) is 10.6 Å². The summed E-state index contributed by atoms with van der Waals surface area (Å²) in [5.74, 6) is 0. The van der Waals surface area contributed by atoms with Crippen molar-refractivity contribution in [2.75, 3.05) is 25.0 Å². The van der Waals surface area contributed by atoms with E-state index >= 15 is 0 Å². The summed E-state index contributed by atoms with van der Waals surface area (Å²) in [7, 11) is 2.01. The number of nitrogens with zero attached hydrogens (tertiary/aromatic N) is 2. The lowest BCUT2D eigenvalue weighted by Crippen LogP contribution is -2.50. The Balaban J connectivity index is 2.14. The van der Waals surface area contributed by atoms with Gasteiger partial charge in [-0.05, 0) is 55.5 Å². The lowest BCUT2D eigenvalue weighted by Gasteiger charge is -2.40. The van der Waals surface area contributed by atoms with Crippen molar-refractivity contribution in [2.45, 2.75) is 25.3 Å². The predicted molar refractivity (Wildman–Crippen MR) is 84.7 cm³/mol. The van der Waals surface area contributed by atoms with Crippen molar-refractivity contribution in [3.8, 4) is 0 Å². The number of hydrogen-bond donors (Lipinski definition) is 1. The SMILES string of the molecule is CNC1(C)CCN(c2ccc([N+](=O)[O-])cc2I)CC1. The zero-order valence-electron chi connectivity index (χ0n) is 11.1. The summed E-state index contributed by atoms with van der Waals surface area (Å²) < 4.78 is 0.944. The van der Waals surface area contributed by atoms with Crippen LogP contribution in [0.15, 0.2) is 18.2 Å². The number of rotatable bonds is 3. The number of benzene rings is 1. The van der Waals surface area contributed by atoms with Crippen molar-refractivity contribution >= 4 is 34.0 Å². The first kappa shape index (κ1) is 14.5. The van der Waals surface area contributed by atoms with E-state index in [1.165, 1.54) is 0 Å². The summed E-state index contributed by atoms with van der Waals surface area (Å²) in [6.07, 6.45) is 2.16. The molecule has 1 N–H and O–H groups in total. The fourth-order valence-corrected chi connectivity index (χ4v) is 3.20. The van der Waals surface area contributed by atoms with E-state index in [-0.39, 0.29) is 16.1 Å². The Bertz CT molecular complexity index is 485. The lowest BCUT2D eigenvalue weighted by molar-refractivity contribution is -0.384. The van der Waals surface area contributed by atoms with Gasteiger partial charge in [0.1, 0.15) is 0 Å². The molecular formula is C13H18IN3O2. The monoisotopic (exact) mass is 375 g/mol. The Morgan fingerprint density at radius 2 is 2.05 bits per heavy atom. The average Bonchev–Trinajstić information content (AvgIpc) is 2.40. The van der Waals surface area contributed by atoms with E-state index in [2.05, 4.69) is 39.7 Å².